The topological polar surface area (TPSA) is 51.9 Å². The van der Waals surface area contributed by atoms with Crippen molar-refractivity contribution < 1.29 is 8.68 Å². The molecule has 0 bridgehead atoms. The molecule has 0 aromatic carbocycles. The van der Waals surface area contributed by atoms with Gasteiger partial charge in [0.15, 0.2) is 0 Å². The van der Waals surface area contributed by atoms with Crippen LogP contribution in [-0.4, -0.2) is 24.1 Å². The summed E-state index contributed by atoms with van der Waals surface area (Å²) in [5, 5.41) is 4.33. The first kappa shape index (κ1) is 7.74. The summed E-state index contributed by atoms with van der Waals surface area (Å²) in [7, 11) is 0. The van der Waals surface area contributed by atoms with E-state index < -0.39 is 6.98 Å². The molecule has 0 radical (unpaired) electrons. The van der Waals surface area contributed by atoms with Gasteiger partial charge >= 0.3 is 5.65 Å². The summed E-state index contributed by atoms with van der Waals surface area (Å²) < 4.78 is 28.8. The minimum Gasteiger partial charge on any atom is -0.264 e. The summed E-state index contributed by atoms with van der Waals surface area (Å²) in [6, 6.07) is 5.44. The summed E-state index contributed by atoms with van der Waals surface area (Å²) >= 11 is 0. The molecule has 5 heterocycles. The Morgan fingerprint density at radius 3 is 3.30 bits per heavy atom. The minimum absolute atomic E-state index is 0.418. The molecule has 0 N–H and O–H groups in total. The Morgan fingerprint density at radius 1 is 1.35 bits per heavy atom. The molecular weight excluding hydrogens is 252 g/mol. The second-order valence-corrected chi connectivity index (χ2v) is 4.83. The molecule has 1 aliphatic heterocycles. The van der Waals surface area contributed by atoms with Gasteiger partial charge in [-0.1, -0.05) is 0 Å². The fourth-order valence-corrected chi connectivity index (χ4v) is 2.93. The molecule has 0 saturated carbocycles. The van der Waals surface area contributed by atoms with Crippen LogP contribution in [0.15, 0.2) is 36.8 Å². The number of aromatic nitrogens is 6. The van der Waals surface area contributed by atoms with Gasteiger partial charge in [0.1, 0.15) is 0 Å². The van der Waals surface area contributed by atoms with Gasteiger partial charge < -0.3 is 0 Å². The third-order valence-corrected chi connectivity index (χ3v) is 3.76. The van der Waals surface area contributed by atoms with Gasteiger partial charge in [-0.05, 0) is 12.1 Å². The van der Waals surface area contributed by atoms with Gasteiger partial charge in [0.2, 0.25) is 11.5 Å². The summed E-state index contributed by atoms with van der Waals surface area (Å²) in [5.74, 6) is 0.625. The monoisotopic (exact) mass is 266 g/mol. The molecule has 96 valence electrons. The fourth-order valence-electron chi connectivity index (χ4n) is 2.93. The van der Waals surface area contributed by atoms with Crippen LogP contribution in [0.5, 0.6) is 0 Å². The number of pyridine rings is 1. The third-order valence-electron chi connectivity index (χ3n) is 3.76. The molecule has 0 unspecified atom stereocenters. The largest absolute Gasteiger partial charge is 0.315 e. The van der Waals surface area contributed by atoms with Crippen LogP contribution in [0, 0.1) is 0 Å². The highest BCUT2D eigenvalue weighted by Crippen LogP contribution is 2.29. The van der Waals surface area contributed by atoms with Crippen molar-refractivity contribution in [3.05, 3.63) is 42.4 Å². The fraction of sp³-hybridized carbons (Fsp3) is 0.143. The average Bonchev–Trinajstić information content (AvgIpc) is 3.12. The Balaban J connectivity index is 2.01. The van der Waals surface area contributed by atoms with E-state index >= 15 is 0 Å². The number of nitrogens with zero attached hydrogens (tertiary/aromatic N) is 6. The van der Waals surface area contributed by atoms with Crippen molar-refractivity contribution in [3.63, 3.8) is 0 Å². The number of hydrogen-bond donors (Lipinski definition) is 0. The predicted molar refractivity (Wildman–Crippen MR) is 72.0 cm³/mol. The molecule has 4 aromatic rings. The molecule has 6 nitrogen and oxygen atoms in total. The van der Waals surface area contributed by atoms with Crippen molar-refractivity contribution in [1.82, 2.24) is 24.1 Å². The molecular formula is C14H11N6+. The lowest BCUT2D eigenvalue weighted by atomic mass is 10.2. The third kappa shape index (κ3) is 1.01. The summed E-state index contributed by atoms with van der Waals surface area (Å²) in [6.07, 6.45) is 5.11. The molecule has 0 atom stereocenters. The van der Waals surface area contributed by atoms with E-state index in [1.165, 1.54) is 4.57 Å². The minimum atomic E-state index is -2.33. The maximum atomic E-state index is 7.95. The zero-order valence-corrected chi connectivity index (χ0v) is 10.4. The van der Waals surface area contributed by atoms with E-state index in [0.717, 1.165) is 11.1 Å². The van der Waals surface area contributed by atoms with Crippen LogP contribution < -0.4 is 4.57 Å². The lowest BCUT2D eigenvalue weighted by Crippen LogP contribution is -2.32. The number of hydrogen-bond acceptors (Lipinski definition) is 3. The second kappa shape index (κ2) is 3.22. The van der Waals surface area contributed by atoms with Gasteiger partial charge in [-0.25, -0.2) is 9.13 Å². The number of rotatable bonds is 0. The van der Waals surface area contributed by atoms with E-state index in [0.29, 0.717) is 29.3 Å². The zero-order chi connectivity index (χ0) is 15.8. The Morgan fingerprint density at radius 2 is 2.35 bits per heavy atom. The van der Waals surface area contributed by atoms with Crippen LogP contribution in [-0.2, 0) is 13.5 Å². The van der Waals surface area contributed by atoms with E-state index in [1.54, 1.807) is 29.2 Å². The van der Waals surface area contributed by atoms with Crippen molar-refractivity contribution in [3.8, 4) is 11.4 Å². The highest BCUT2D eigenvalue weighted by molar-refractivity contribution is 5.75. The molecule has 0 fully saturated rings. The first-order chi connectivity index (χ1) is 11.1. The Labute approximate surface area is 118 Å². The average molecular weight is 266 g/mol. The van der Waals surface area contributed by atoms with E-state index in [-0.39, 0.29) is 0 Å². The normalized spacial score (nSPS) is 15.9. The van der Waals surface area contributed by atoms with E-state index in [2.05, 4.69) is 15.1 Å². The van der Waals surface area contributed by atoms with Gasteiger partial charge in [-0.2, -0.15) is 4.98 Å². The lowest BCUT2D eigenvalue weighted by Gasteiger charge is -1.95. The first-order valence-corrected chi connectivity index (χ1v) is 6.27. The van der Waals surface area contributed by atoms with E-state index in [1.807, 2.05) is 16.7 Å². The highest BCUT2D eigenvalue weighted by atomic mass is 15.4. The smallest absolute Gasteiger partial charge is 0.264 e. The molecule has 1 aliphatic rings. The molecule has 0 saturated heterocycles. The van der Waals surface area contributed by atoms with Crippen LogP contribution in [0.3, 0.4) is 0 Å². The van der Waals surface area contributed by atoms with Crippen molar-refractivity contribution in [2.75, 3.05) is 0 Å². The predicted octanol–water partition coefficient (Wildman–Crippen LogP) is 0.932. The van der Waals surface area contributed by atoms with Gasteiger partial charge in [-0.3, -0.25) is 4.98 Å². The van der Waals surface area contributed by atoms with Crippen molar-refractivity contribution in [1.29, 1.82) is 0 Å². The van der Waals surface area contributed by atoms with Gasteiger partial charge in [0.25, 0.3) is 5.65 Å². The molecule has 0 spiro atoms. The van der Waals surface area contributed by atoms with E-state index in [9.17, 15) is 0 Å². The summed E-state index contributed by atoms with van der Waals surface area (Å²) in [5.41, 5.74) is 3.59. The van der Waals surface area contributed by atoms with Crippen molar-refractivity contribution >= 4 is 16.9 Å². The van der Waals surface area contributed by atoms with E-state index in [4.69, 9.17) is 4.11 Å². The van der Waals surface area contributed by atoms with Gasteiger partial charge in [0.05, 0.1) is 29.4 Å². The van der Waals surface area contributed by atoms with Crippen LogP contribution in [0.25, 0.3) is 28.3 Å². The molecule has 0 amide bonds. The highest BCUT2D eigenvalue weighted by Gasteiger charge is 2.34. The SMILES string of the molecule is [2H]C([2H])([2H])n1c2[n+](c3c1nc1cccnn13)Cc1cnccc1-2. The number of fused-ring (bicyclic) bond motifs is 7. The molecule has 6 heteroatoms. The molecule has 4 aromatic heterocycles. The number of imidazole rings is 2. The van der Waals surface area contributed by atoms with Crippen LogP contribution in [0.2, 0.25) is 0 Å². The maximum Gasteiger partial charge on any atom is 0.315 e. The van der Waals surface area contributed by atoms with Gasteiger partial charge in [-0.15, -0.1) is 9.61 Å². The second-order valence-electron chi connectivity index (χ2n) is 4.83. The standard InChI is InChI=1S/C14H11N6/c1-18-12-14(20-11(17-12)3-2-5-16-20)19-8-9-7-15-6-4-10(9)13(18)19/h2-7H,8H2,1H3/q+1/i1D3. The Hall–Kier alpha value is -2.76. The number of aryl methyl sites for hydroxylation is 1. The molecule has 0 aliphatic carbocycles. The summed E-state index contributed by atoms with van der Waals surface area (Å²) in [4.78, 5) is 8.62. The van der Waals surface area contributed by atoms with Crippen LogP contribution in [0.4, 0.5) is 0 Å². The van der Waals surface area contributed by atoms with Crippen molar-refractivity contribution in [2.24, 2.45) is 6.98 Å². The lowest BCUT2D eigenvalue weighted by molar-refractivity contribution is -0.648. The van der Waals surface area contributed by atoms with Crippen LogP contribution in [0.1, 0.15) is 9.68 Å². The molecule has 20 heavy (non-hydrogen) atoms. The first-order valence-electron chi connectivity index (χ1n) is 7.77. The van der Waals surface area contributed by atoms with Crippen molar-refractivity contribution in [2.45, 2.75) is 6.54 Å². The summed E-state index contributed by atoms with van der Waals surface area (Å²) in [6.45, 7) is -1.77. The maximum absolute atomic E-state index is 7.95. The molecule has 5 rings (SSSR count). The quantitative estimate of drug-likeness (QED) is 0.392. The Kier molecular flexibility index (Phi) is 1.24. The Bertz CT molecular complexity index is 1090. The zero-order valence-electron chi connectivity index (χ0n) is 13.4. The van der Waals surface area contributed by atoms with Crippen LogP contribution >= 0.6 is 0 Å². The van der Waals surface area contributed by atoms with Gasteiger partial charge in [0, 0.05) is 24.0 Å².